The second kappa shape index (κ2) is 5.88. The summed E-state index contributed by atoms with van der Waals surface area (Å²) in [6.07, 6.45) is 1.45. The Labute approximate surface area is 116 Å². The largest absolute Gasteiger partial charge is 0.508 e. The van der Waals surface area contributed by atoms with Gasteiger partial charge in [0.1, 0.15) is 11.5 Å². The van der Waals surface area contributed by atoms with Crippen LogP contribution in [0.1, 0.15) is 21.5 Å². The monoisotopic (exact) mass is 270 g/mol. The lowest BCUT2D eigenvalue weighted by atomic mass is 10.1. The van der Waals surface area contributed by atoms with Gasteiger partial charge in [-0.3, -0.25) is 4.79 Å². The van der Waals surface area contributed by atoms with Crippen LogP contribution in [-0.2, 0) is 0 Å². The molecule has 0 unspecified atom stereocenters. The Morgan fingerprint density at radius 2 is 1.85 bits per heavy atom. The summed E-state index contributed by atoms with van der Waals surface area (Å²) in [6, 6.07) is 11.3. The number of hydrogen-bond donors (Lipinski definition) is 3. The molecule has 20 heavy (non-hydrogen) atoms. The predicted octanol–water partition coefficient (Wildman–Crippen LogP) is 2.17. The Kier molecular flexibility index (Phi) is 4.00. The van der Waals surface area contributed by atoms with Gasteiger partial charge in [0.05, 0.1) is 11.8 Å². The highest BCUT2D eigenvalue weighted by atomic mass is 16.3. The fraction of sp³-hybridized carbons (Fsp3) is 0.0667. The van der Waals surface area contributed by atoms with Crippen LogP contribution < -0.4 is 5.43 Å². The Morgan fingerprint density at radius 1 is 1.15 bits per heavy atom. The molecular weight excluding hydrogens is 256 g/mol. The molecule has 0 fully saturated rings. The van der Waals surface area contributed by atoms with Crippen molar-refractivity contribution in [2.75, 3.05) is 0 Å². The maximum Gasteiger partial charge on any atom is 0.275 e. The maximum absolute atomic E-state index is 11.8. The lowest BCUT2D eigenvalue weighted by Crippen LogP contribution is -2.17. The van der Waals surface area contributed by atoms with Gasteiger partial charge in [0.25, 0.3) is 5.91 Å². The number of hydrazone groups is 1. The van der Waals surface area contributed by atoms with Gasteiger partial charge in [0.15, 0.2) is 0 Å². The van der Waals surface area contributed by atoms with Gasteiger partial charge in [-0.05, 0) is 48.4 Å². The van der Waals surface area contributed by atoms with Crippen LogP contribution in [0.25, 0.3) is 0 Å². The molecule has 5 heteroatoms. The van der Waals surface area contributed by atoms with Crippen LogP contribution in [0.4, 0.5) is 0 Å². The molecule has 0 spiro atoms. The maximum atomic E-state index is 11.8. The SMILES string of the molecule is Cc1cccc(C(=O)N/N=C/c2ccc(O)cc2)c1O. The number of amides is 1. The molecule has 5 nitrogen and oxygen atoms in total. The van der Waals surface area contributed by atoms with Crippen LogP contribution >= 0.6 is 0 Å². The summed E-state index contributed by atoms with van der Waals surface area (Å²) < 4.78 is 0. The van der Waals surface area contributed by atoms with Crippen LogP contribution in [0.3, 0.4) is 0 Å². The first-order valence-corrected chi connectivity index (χ1v) is 5.99. The van der Waals surface area contributed by atoms with E-state index < -0.39 is 5.91 Å². The van der Waals surface area contributed by atoms with E-state index in [1.807, 2.05) is 0 Å². The van der Waals surface area contributed by atoms with Crippen molar-refractivity contribution in [1.29, 1.82) is 0 Å². The number of aromatic hydroxyl groups is 2. The van der Waals surface area contributed by atoms with Crippen LogP contribution in [0.15, 0.2) is 47.6 Å². The van der Waals surface area contributed by atoms with E-state index in [-0.39, 0.29) is 17.1 Å². The zero-order valence-corrected chi connectivity index (χ0v) is 10.9. The molecule has 1 amide bonds. The molecule has 0 aliphatic heterocycles. The Bertz CT molecular complexity index is 649. The lowest BCUT2D eigenvalue weighted by Gasteiger charge is -2.04. The molecule has 3 N–H and O–H groups in total. The molecule has 0 aromatic heterocycles. The van der Waals surface area contributed by atoms with Gasteiger partial charge < -0.3 is 10.2 Å². The molecule has 0 bridgehead atoms. The summed E-state index contributed by atoms with van der Waals surface area (Å²) in [5.74, 6) is -0.373. The predicted molar refractivity (Wildman–Crippen MR) is 76.0 cm³/mol. The van der Waals surface area contributed by atoms with Gasteiger partial charge in [-0.1, -0.05) is 12.1 Å². The Hall–Kier alpha value is -2.82. The molecule has 0 saturated heterocycles. The number of aryl methyl sites for hydroxylation is 1. The number of para-hydroxylation sites is 1. The van der Waals surface area contributed by atoms with Gasteiger partial charge >= 0.3 is 0 Å². The van der Waals surface area contributed by atoms with Crippen molar-refractivity contribution in [3.8, 4) is 11.5 Å². The summed E-state index contributed by atoms with van der Waals surface area (Å²) in [6.45, 7) is 1.71. The molecule has 0 aliphatic rings. The summed E-state index contributed by atoms with van der Waals surface area (Å²) in [5, 5.41) is 22.7. The van der Waals surface area contributed by atoms with Gasteiger partial charge in [0, 0.05) is 0 Å². The average molecular weight is 270 g/mol. The van der Waals surface area contributed by atoms with Crippen LogP contribution in [0.5, 0.6) is 11.5 Å². The summed E-state index contributed by atoms with van der Waals surface area (Å²) in [7, 11) is 0. The van der Waals surface area contributed by atoms with Crippen LogP contribution in [-0.4, -0.2) is 22.3 Å². The zero-order valence-electron chi connectivity index (χ0n) is 10.9. The quantitative estimate of drug-likeness (QED) is 0.590. The summed E-state index contributed by atoms with van der Waals surface area (Å²) >= 11 is 0. The highest BCUT2D eigenvalue weighted by Gasteiger charge is 2.11. The van der Waals surface area contributed by atoms with E-state index in [4.69, 9.17) is 5.11 Å². The molecule has 2 aromatic carbocycles. The first-order chi connectivity index (χ1) is 9.58. The number of nitrogens with one attached hydrogen (secondary N) is 1. The van der Waals surface area contributed by atoms with Gasteiger partial charge in [0.2, 0.25) is 0 Å². The van der Waals surface area contributed by atoms with Gasteiger partial charge in [-0.25, -0.2) is 5.43 Å². The summed E-state index contributed by atoms with van der Waals surface area (Å²) in [5.41, 5.74) is 3.87. The van der Waals surface area contributed by atoms with Crippen molar-refractivity contribution >= 4 is 12.1 Å². The van der Waals surface area contributed by atoms with E-state index >= 15 is 0 Å². The molecule has 0 aliphatic carbocycles. The van der Waals surface area contributed by atoms with Crippen molar-refractivity contribution < 1.29 is 15.0 Å². The molecule has 0 saturated carbocycles. The highest BCUT2D eigenvalue weighted by molar-refractivity contribution is 5.97. The lowest BCUT2D eigenvalue weighted by molar-refractivity contribution is 0.0952. The first kappa shape index (κ1) is 13.6. The molecular formula is C15H14N2O3. The van der Waals surface area contributed by atoms with Crippen LogP contribution in [0.2, 0.25) is 0 Å². The van der Waals surface area contributed by atoms with E-state index in [2.05, 4.69) is 10.5 Å². The third kappa shape index (κ3) is 3.14. The molecule has 0 heterocycles. The first-order valence-electron chi connectivity index (χ1n) is 5.99. The minimum atomic E-state index is -0.485. The van der Waals surface area contributed by atoms with Gasteiger partial charge in [-0.2, -0.15) is 5.10 Å². The fourth-order valence-electron chi connectivity index (χ4n) is 1.63. The number of phenols is 2. The number of rotatable bonds is 3. The smallest absolute Gasteiger partial charge is 0.275 e. The second-order valence-electron chi connectivity index (χ2n) is 4.26. The number of hydrogen-bond acceptors (Lipinski definition) is 4. The second-order valence-corrected chi connectivity index (χ2v) is 4.26. The van der Waals surface area contributed by atoms with E-state index in [0.29, 0.717) is 5.56 Å². The van der Waals surface area contributed by atoms with Crippen molar-refractivity contribution in [2.24, 2.45) is 5.10 Å². The van der Waals surface area contributed by atoms with E-state index in [1.165, 1.54) is 24.4 Å². The zero-order chi connectivity index (χ0) is 14.5. The standard InChI is InChI=1S/C15H14N2O3/c1-10-3-2-4-13(14(10)19)15(20)17-16-9-11-5-7-12(18)8-6-11/h2-9,18-19H,1H3,(H,17,20)/b16-9+. The molecule has 0 radical (unpaired) electrons. The van der Waals surface area contributed by atoms with Crippen molar-refractivity contribution in [2.45, 2.75) is 6.92 Å². The number of nitrogens with zero attached hydrogens (tertiary/aromatic N) is 1. The minimum absolute atomic E-state index is 0.0511. The third-order valence-electron chi connectivity index (χ3n) is 2.76. The Balaban J connectivity index is 2.05. The van der Waals surface area contributed by atoms with Crippen LogP contribution in [0, 0.1) is 6.92 Å². The van der Waals surface area contributed by atoms with Crippen molar-refractivity contribution in [3.63, 3.8) is 0 Å². The van der Waals surface area contributed by atoms with E-state index in [9.17, 15) is 9.90 Å². The fourth-order valence-corrected chi connectivity index (χ4v) is 1.63. The summed E-state index contributed by atoms with van der Waals surface area (Å²) in [4.78, 5) is 11.8. The number of phenolic OH excluding ortho intramolecular Hbond substituents is 2. The van der Waals surface area contributed by atoms with Crippen molar-refractivity contribution in [3.05, 3.63) is 59.2 Å². The third-order valence-corrected chi connectivity index (χ3v) is 2.76. The molecule has 2 rings (SSSR count). The van der Waals surface area contributed by atoms with E-state index in [0.717, 1.165) is 5.56 Å². The molecule has 102 valence electrons. The van der Waals surface area contributed by atoms with Gasteiger partial charge in [-0.15, -0.1) is 0 Å². The number of benzene rings is 2. The molecule has 2 aromatic rings. The Morgan fingerprint density at radius 3 is 2.55 bits per heavy atom. The minimum Gasteiger partial charge on any atom is -0.508 e. The number of carbonyl (C=O) groups is 1. The molecule has 0 atom stereocenters. The average Bonchev–Trinajstić information content (AvgIpc) is 2.44. The number of carbonyl (C=O) groups excluding carboxylic acids is 1. The van der Waals surface area contributed by atoms with E-state index in [1.54, 1.807) is 31.2 Å². The van der Waals surface area contributed by atoms with Crippen molar-refractivity contribution in [1.82, 2.24) is 5.43 Å². The topological polar surface area (TPSA) is 81.9 Å². The highest BCUT2D eigenvalue weighted by Crippen LogP contribution is 2.20. The normalized spacial score (nSPS) is 10.7.